The first-order valence-electron chi connectivity index (χ1n) is 1.82. The number of hydrogen-bond acceptors (Lipinski definition) is 2. The highest BCUT2D eigenvalue weighted by Crippen LogP contribution is 2.03. The van der Waals surface area contributed by atoms with E-state index >= 15 is 0 Å². The molecule has 1 nitrogen and oxygen atoms in total. The summed E-state index contributed by atoms with van der Waals surface area (Å²) in [4.78, 5) is 9.75. The molecule has 1 unspecified atom stereocenters. The topological polar surface area (TPSA) is 17.1 Å². The maximum atomic E-state index is 9.75. The van der Waals surface area contributed by atoms with Crippen molar-refractivity contribution in [1.82, 2.24) is 0 Å². The number of alkyl halides is 1. The average Bonchev–Trinajstić information content (AvgIpc) is 1.68. The molecule has 0 aromatic heterocycles. The standard InChI is InChI=1S/C4H6IOS/c1-7-3-4(5)2-6/h4H,3H2,1H3. The molecule has 0 heterocycles. The Balaban J connectivity index is 2.98. The summed E-state index contributed by atoms with van der Waals surface area (Å²) in [5.74, 6) is 0.879. The minimum atomic E-state index is 0.0765. The Morgan fingerprint density at radius 2 is 2.57 bits per heavy atom. The lowest BCUT2D eigenvalue weighted by Gasteiger charge is -1.91. The fourth-order valence-corrected chi connectivity index (χ4v) is 1.62. The third-order valence-electron chi connectivity index (χ3n) is 0.441. The molecule has 0 amide bonds. The maximum absolute atomic E-state index is 9.75. The fraction of sp³-hybridized carbons (Fsp3) is 0.750. The van der Waals surface area contributed by atoms with Crippen LogP contribution in [-0.4, -0.2) is 22.2 Å². The van der Waals surface area contributed by atoms with Crippen LogP contribution in [0, 0.1) is 0 Å². The van der Waals surface area contributed by atoms with Crippen LogP contribution in [-0.2, 0) is 4.79 Å². The second-order valence-electron chi connectivity index (χ2n) is 1.04. The van der Waals surface area contributed by atoms with Crippen LogP contribution in [0.4, 0.5) is 0 Å². The van der Waals surface area contributed by atoms with E-state index in [-0.39, 0.29) is 3.92 Å². The smallest absolute Gasteiger partial charge is 0.213 e. The Kier molecular flexibility index (Phi) is 5.42. The number of rotatable bonds is 3. The Labute approximate surface area is 61.4 Å². The third kappa shape index (κ3) is 4.61. The molecule has 7 heavy (non-hydrogen) atoms. The lowest BCUT2D eigenvalue weighted by molar-refractivity contribution is 0.556. The number of thioether (sulfide) groups is 1. The van der Waals surface area contributed by atoms with Crippen molar-refractivity contribution in [3.63, 3.8) is 0 Å². The van der Waals surface area contributed by atoms with E-state index < -0.39 is 0 Å². The molecular formula is C4H6IOS. The zero-order chi connectivity index (χ0) is 5.70. The average molecular weight is 229 g/mol. The van der Waals surface area contributed by atoms with E-state index in [4.69, 9.17) is 0 Å². The summed E-state index contributed by atoms with van der Waals surface area (Å²) in [6, 6.07) is 0. The van der Waals surface area contributed by atoms with Gasteiger partial charge in [-0.25, -0.2) is 0 Å². The van der Waals surface area contributed by atoms with Crippen LogP contribution in [0.5, 0.6) is 0 Å². The summed E-state index contributed by atoms with van der Waals surface area (Å²) in [7, 11) is 0. The van der Waals surface area contributed by atoms with Gasteiger partial charge in [0, 0.05) is 5.75 Å². The largest absolute Gasteiger partial charge is 0.290 e. The van der Waals surface area contributed by atoms with Gasteiger partial charge in [-0.05, 0) is 6.26 Å². The van der Waals surface area contributed by atoms with Crippen LogP contribution >= 0.6 is 34.4 Å². The van der Waals surface area contributed by atoms with E-state index in [1.807, 2.05) is 12.5 Å². The highest BCUT2D eigenvalue weighted by atomic mass is 127. The summed E-state index contributed by atoms with van der Waals surface area (Å²) >= 11 is 3.73. The highest BCUT2D eigenvalue weighted by molar-refractivity contribution is 14.1. The minimum absolute atomic E-state index is 0.0765. The zero-order valence-electron chi connectivity index (χ0n) is 3.98. The van der Waals surface area contributed by atoms with Crippen LogP contribution in [0.2, 0.25) is 0 Å². The van der Waals surface area contributed by atoms with E-state index in [1.165, 1.54) is 0 Å². The lowest BCUT2D eigenvalue weighted by atomic mass is 10.6. The Morgan fingerprint density at radius 1 is 2.00 bits per heavy atom. The van der Waals surface area contributed by atoms with E-state index in [1.54, 1.807) is 11.8 Å². The van der Waals surface area contributed by atoms with Crippen LogP contribution in [0.3, 0.4) is 0 Å². The predicted octanol–water partition coefficient (Wildman–Crippen LogP) is 1.26. The number of halogens is 1. The van der Waals surface area contributed by atoms with Crippen molar-refractivity contribution in [2.24, 2.45) is 0 Å². The van der Waals surface area contributed by atoms with Crippen molar-refractivity contribution in [2.45, 2.75) is 3.92 Å². The van der Waals surface area contributed by atoms with Gasteiger partial charge in [-0.1, -0.05) is 22.6 Å². The van der Waals surface area contributed by atoms with Gasteiger partial charge in [-0.15, -0.1) is 0 Å². The Hall–Kier alpha value is 0.750. The molecule has 0 aliphatic rings. The molecule has 0 spiro atoms. The van der Waals surface area contributed by atoms with Gasteiger partial charge >= 0.3 is 0 Å². The van der Waals surface area contributed by atoms with Gasteiger partial charge in [-0.3, -0.25) is 4.79 Å². The molecule has 0 rings (SSSR count). The fourth-order valence-electron chi connectivity index (χ4n) is 0.180. The molecular weight excluding hydrogens is 223 g/mol. The van der Waals surface area contributed by atoms with Gasteiger partial charge in [0.05, 0.1) is 3.92 Å². The molecule has 3 heteroatoms. The second kappa shape index (κ2) is 4.90. The highest BCUT2D eigenvalue weighted by Gasteiger charge is 1.97. The van der Waals surface area contributed by atoms with Crippen molar-refractivity contribution in [1.29, 1.82) is 0 Å². The Morgan fingerprint density at radius 3 is 2.71 bits per heavy atom. The van der Waals surface area contributed by atoms with E-state index in [2.05, 4.69) is 22.6 Å². The van der Waals surface area contributed by atoms with Gasteiger partial charge in [0.1, 0.15) is 0 Å². The number of hydrogen-bond donors (Lipinski definition) is 0. The maximum Gasteiger partial charge on any atom is 0.213 e. The number of carbonyl (C=O) groups excluding carboxylic acids is 1. The first kappa shape index (κ1) is 7.75. The minimum Gasteiger partial charge on any atom is -0.290 e. The molecule has 1 radical (unpaired) electrons. The molecule has 41 valence electrons. The Bertz CT molecular complexity index is 57.7. The van der Waals surface area contributed by atoms with E-state index in [9.17, 15) is 4.79 Å². The van der Waals surface area contributed by atoms with Crippen molar-refractivity contribution in [3.05, 3.63) is 0 Å². The van der Waals surface area contributed by atoms with Crippen molar-refractivity contribution < 1.29 is 4.79 Å². The van der Waals surface area contributed by atoms with E-state index in [0.717, 1.165) is 5.75 Å². The molecule has 1 atom stereocenters. The van der Waals surface area contributed by atoms with Crippen molar-refractivity contribution >= 4 is 40.6 Å². The predicted molar refractivity (Wildman–Crippen MR) is 41.9 cm³/mol. The molecule has 0 aliphatic heterocycles. The van der Waals surface area contributed by atoms with E-state index in [0.29, 0.717) is 0 Å². The second-order valence-corrected chi connectivity index (χ2v) is 3.46. The monoisotopic (exact) mass is 229 g/mol. The summed E-state index contributed by atoms with van der Waals surface area (Å²) in [5, 5.41) is 0. The molecule has 0 aromatic carbocycles. The van der Waals surface area contributed by atoms with Crippen LogP contribution in [0.25, 0.3) is 0 Å². The van der Waals surface area contributed by atoms with Crippen LogP contribution < -0.4 is 0 Å². The lowest BCUT2D eigenvalue weighted by Crippen LogP contribution is -2.00. The third-order valence-corrected chi connectivity index (χ3v) is 2.40. The van der Waals surface area contributed by atoms with Gasteiger partial charge in [-0.2, -0.15) is 11.8 Å². The first-order chi connectivity index (χ1) is 3.31. The molecule has 0 fully saturated rings. The van der Waals surface area contributed by atoms with Gasteiger partial charge in [0.2, 0.25) is 6.29 Å². The van der Waals surface area contributed by atoms with Crippen LogP contribution in [0.1, 0.15) is 0 Å². The first-order valence-corrected chi connectivity index (χ1v) is 4.46. The SMILES string of the molecule is CSCC(I)[C]=O. The molecule has 0 saturated heterocycles. The van der Waals surface area contributed by atoms with Gasteiger partial charge in [0.25, 0.3) is 0 Å². The molecule has 0 aromatic rings. The van der Waals surface area contributed by atoms with Crippen LogP contribution in [0.15, 0.2) is 0 Å². The zero-order valence-corrected chi connectivity index (χ0v) is 6.95. The normalized spacial score (nSPS) is 13.4. The summed E-state index contributed by atoms with van der Waals surface area (Å²) < 4.78 is 0.0765. The van der Waals surface area contributed by atoms with Crippen molar-refractivity contribution in [3.8, 4) is 0 Å². The molecule has 0 N–H and O–H groups in total. The summed E-state index contributed by atoms with van der Waals surface area (Å²) in [6.45, 7) is 0. The van der Waals surface area contributed by atoms with Crippen molar-refractivity contribution in [2.75, 3.05) is 12.0 Å². The molecule has 0 aliphatic carbocycles. The summed E-state index contributed by atoms with van der Waals surface area (Å²) in [5.41, 5.74) is 0. The quantitative estimate of drug-likeness (QED) is 0.535. The summed E-state index contributed by atoms with van der Waals surface area (Å²) in [6.07, 6.45) is 3.86. The molecule has 0 bridgehead atoms. The molecule has 0 saturated carbocycles. The van der Waals surface area contributed by atoms with Gasteiger partial charge in [0.15, 0.2) is 0 Å². The van der Waals surface area contributed by atoms with Gasteiger partial charge < -0.3 is 0 Å².